The molecule has 1 aliphatic carbocycles. The number of hydrogen-bond donors (Lipinski definition) is 2. The molecule has 17 heavy (non-hydrogen) atoms. The van der Waals surface area contributed by atoms with E-state index in [0.29, 0.717) is 12.0 Å². The quantitative estimate of drug-likeness (QED) is 0.643. The Labute approximate surface area is 106 Å². The second kappa shape index (κ2) is 8.90. The first-order valence-electron chi connectivity index (χ1n) is 7.23. The van der Waals surface area contributed by atoms with Crippen molar-refractivity contribution < 1.29 is 9.84 Å². The molecule has 1 rings (SSSR count). The summed E-state index contributed by atoms with van der Waals surface area (Å²) >= 11 is 0. The fourth-order valence-corrected chi connectivity index (χ4v) is 2.59. The van der Waals surface area contributed by atoms with Gasteiger partial charge in [0, 0.05) is 12.6 Å². The van der Waals surface area contributed by atoms with Crippen molar-refractivity contribution in [3.05, 3.63) is 0 Å². The molecule has 2 N–H and O–H groups in total. The predicted octanol–water partition coefficient (Wildman–Crippen LogP) is 2.33. The van der Waals surface area contributed by atoms with Crippen LogP contribution >= 0.6 is 0 Å². The van der Waals surface area contributed by atoms with Crippen LogP contribution in [0.2, 0.25) is 0 Å². The molecule has 3 nitrogen and oxygen atoms in total. The van der Waals surface area contributed by atoms with Crippen molar-refractivity contribution in [2.24, 2.45) is 5.92 Å². The largest absolute Gasteiger partial charge is 0.393 e. The Balaban J connectivity index is 1.99. The molecule has 3 atom stereocenters. The average Bonchev–Trinajstić information content (AvgIpc) is 2.34. The van der Waals surface area contributed by atoms with E-state index in [1.165, 1.54) is 19.3 Å². The maximum absolute atomic E-state index is 9.85. The molecule has 0 aliphatic heterocycles. The second-order valence-electron chi connectivity index (χ2n) is 5.27. The minimum Gasteiger partial charge on any atom is -0.393 e. The van der Waals surface area contributed by atoms with Gasteiger partial charge in [-0.05, 0) is 52.0 Å². The van der Waals surface area contributed by atoms with Crippen LogP contribution in [0.5, 0.6) is 0 Å². The smallest absolute Gasteiger partial charge is 0.0616 e. The van der Waals surface area contributed by atoms with Crippen LogP contribution in [-0.4, -0.2) is 37.0 Å². The first kappa shape index (κ1) is 14.9. The fourth-order valence-electron chi connectivity index (χ4n) is 2.59. The van der Waals surface area contributed by atoms with Crippen LogP contribution in [0.1, 0.15) is 52.4 Å². The summed E-state index contributed by atoms with van der Waals surface area (Å²) in [6, 6.07) is 0.436. The lowest BCUT2D eigenvalue weighted by molar-refractivity contribution is 0.0639. The fraction of sp³-hybridized carbons (Fsp3) is 1.00. The predicted molar refractivity (Wildman–Crippen MR) is 71.2 cm³/mol. The van der Waals surface area contributed by atoms with Crippen molar-refractivity contribution in [3.63, 3.8) is 0 Å². The van der Waals surface area contributed by atoms with E-state index in [9.17, 15) is 5.11 Å². The molecule has 0 aromatic carbocycles. The number of rotatable bonds is 8. The number of aliphatic hydroxyl groups excluding tert-OH is 1. The molecule has 0 saturated heterocycles. The molecule has 0 aromatic heterocycles. The van der Waals surface area contributed by atoms with Gasteiger partial charge < -0.3 is 15.2 Å². The molecule has 0 heterocycles. The van der Waals surface area contributed by atoms with Crippen LogP contribution in [0.4, 0.5) is 0 Å². The molecule has 1 fully saturated rings. The molecule has 1 aliphatic rings. The molecule has 102 valence electrons. The molecule has 0 radical (unpaired) electrons. The second-order valence-corrected chi connectivity index (χ2v) is 5.27. The van der Waals surface area contributed by atoms with Crippen molar-refractivity contribution >= 4 is 0 Å². The Morgan fingerprint density at radius 3 is 2.82 bits per heavy atom. The maximum Gasteiger partial charge on any atom is 0.0616 e. The summed E-state index contributed by atoms with van der Waals surface area (Å²) in [5.74, 6) is 0.549. The van der Waals surface area contributed by atoms with Crippen molar-refractivity contribution in [3.8, 4) is 0 Å². The van der Waals surface area contributed by atoms with Gasteiger partial charge in [-0.1, -0.05) is 12.8 Å². The zero-order valence-corrected chi connectivity index (χ0v) is 11.5. The van der Waals surface area contributed by atoms with Gasteiger partial charge in [0.1, 0.15) is 0 Å². The number of aliphatic hydroxyl groups is 1. The van der Waals surface area contributed by atoms with Crippen LogP contribution in [0.3, 0.4) is 0 Å². The van der Waals surface area contributed by atoms with Gasteiger partial charge in [-0.15, -0.1) is 0 Å². The normalized spacial score (nSPS) is 27.0. The lowest BCUT2D eigenvalue weighted by atomic mass is 9.83. The van der Waals surface area contributed by atoms with Crippen molar-refractivity contribution in [2.75, 3.05) is 19.8 Å². The van der Waals surface area contributed by atoms with Gasteiger partial charge in [0.25, 0.3) is 0 Å². The molecule has 0 bridgehead atoms. The minimum atomic E-state index is -0.0374. The zero-order valence-electron chi connectivity index (χ0n) is 11.5. The van der Waals surface area contributed by atoms with Crippen LogP contribution < -0.4 is 5.32 Å². The molecule has 0 spiro atoms. The van der Waals surface area contributed by atoms with E-state index in [1.807, 2.05) is 6.92 Å². The van der Waals surface area contributed by atoms with E-state index in [0.717, 1.165) is 39.0 Å². The van der Waals surface area contributed by atoms with Crippen molar-refractivity contribution in [2.45, 2.75) is 64.5 Å². The SMILES string of the molecule is CCOCC(C)NCCCC1CCCCC1O. The monoisotopic (exact) mass is 243 g/mol. The molecule has 3 heteroatoms. The van der Waals surface area contributed by atoms with Gasteiger partial charge in [0.2, 0.25) is 0 Å². The third kappa shape index (κ3) is 6.39. The first-order valence-corrected chi connectivity index (χ1v) is 7.23. The Morgan fingerprint density at radius 1 is 1.35 bits per heavy atom. The Kier molecular flexibility index (Phi) is 7.82. The van der Waals surface area contributed by atoms with Crippen molar-refractivity contribution in [1.82, 2.24) is 5.32 Å². The highest BCUT2D eigenvalue weighted by Gasteiger charge is 2.22. The third-order valence-corrected chi connectivity index (χ3v) is 3.69. The highest BCUT2D eigenvalue weighted by Crippen LogP contribution is 2.27. The van der Waals surface area contributed by atoms with Crippen LogP contribution in [0.15, 0.2) is 0 Å². The van der Waals surface area contributed by atoms with E-state index in [-0.39, 0.29) is 6.10 Å². The Hall–Kier alpha value is -0.120. The molecule has 0 amide bonds. The third-order valence-electron chi connectivity index (χ3n) is 3.69. The number of ether oxygens (including phenoxy) is 1. The summed E-state index contributed by atoms with van der Waals surface area (Å²) in [7, 11) is 0. The standard InChI is InChI=1S/C14H29NO2/c1-3-17-11-12(2)15-10-6-8-13-7-4-5-9-14(13)16/h12-16H,3-11H2,1-2H3. The molecule has 1 saturated carbocycles. The van der Waals surface area contributed by atoms with Gasteiger partial charge in [-0.2, -0.15) is 0 Å². The molecular formula is C14H29NO2. The summed E-state index contributed by atoms with van der Waals surface area (Å²) in [5, 5.41) is 13.3. The van der Waals surface area contributed by atoms with Gasteiger partial charge in [0.15, 0.2) is 0 Å². The highest BCUT2D eigenvalue weighted by molar-refractivity contribution is 4.74. The van der Waals surface area contributed by atoms with Crippen molar-refractivity contribution in [1.29, 1.82) is 0 Å². The Morgan fingerprint density at radius 2 is 2.12 bits per heavy atom. The molecular weight excluding hydrogens is 214 g/mol. The molecule has 0 aromatic rings. The highest BCUT2D eigenvalue weighted by atomic mass is 16.5. The van der Waals surface area contributed by atoms with Gasteiger partial charge >= 0.3 is 0 Å². The Bertz CT molecular complexity index is 187. The van der Waals surface area contributed by atoms with Gasteiger partial charge in [-0.25, -0.2) is 0 Å². The average molecular weight is 243 g/mol. The number of nitrogens with one attached hydrogen (secondary N) is 1. The van der Waals surface area contributed by atoms with Gasteiger partial charge in [-0.3, -0.25) is 0 Å². The van der Waals surface area contributed by atoms with Gasteiger partial charge in [0.05, 0.1) is 12.7 Å². The topological polar surface area (TPSA) is 41.5 Å². The lowest BCUT2D eigenvalue weighted by Crippen LogP contribution is -2.32. The summed E-state index contributed by atoms with van der Waals surface area (Å²) in [6.07, 6.45) is 7.03. The van der Waals surface area contributed by atoms with E-state index in [1.54, 1.807) is 0 Å². The van der Waals surface area contributed by atoms with Crippen LogP contribution in [0, 0.1) is 5.92 Å². The maximum atomic E-state index is 9.85. The van der Waals surface area contributed by atoms with Crippen LogP contribution in [0.25, 0.3) is 0 Å². The summed E-state index contributed by atoms with van der Waals surface area (Å²) < 4.78 is 5.36. The molecule has 3 unspecified atom stereocenters. The lowest BCUT2D eigenvalue weighted by Gasteiger charge is -2.27. The number of hydrogen-bond acceptors (Lipinski definition) is 3. The first-order chi connectivity index (χ1) is 8.24. The van der Waals surface area contributed by atoms with E-state index >= 15 is 0 Å². The zero-order chi connectivity index (χ0) is 12.5. The summed E-state index contributed by atoms with van der Waals surface area (Å²) in [6.45, 7) is 6.81. The summed E-state index contributed by atoms with van der Waals surface area (Å²) in [4.78, 5) is 0. The summed E-state index contributed by atoms with van der Waals surface area (Å²) in [5.41, 5.74) is 0. The minimum absolute atomic E-state index is 0.0374. The van der Waals surface area contributed by atoms with E-state index in [4.69, 9.17) is 4.74 Å². The van der Waals surface area contributed by atoms with Crippen LogP contribution in [-0.2, 0) is 4.74 Å². The van der Waals surface area contributed by atoms with E-state index in [2.05, 4.69) is 12.2 Å². The van der Waals surface area contributed by atoms with E-state index < -0.39 is 0 Å².